The molecule has 0 saturated carbocycles. The molecule has 0 saturated heterocycles. The number of nitrogens with zero attached hydrogens (tertiary/aromatic N) is 2. The minimum absolute atomic E-state index is 1.02. The third-order valence-corrected chi connectivity index (χ3v) is 4.74. The average molecular weight is 358 g/mol. The van der Waals surface area contributed by atoms with Gasteiger partial charge in [-0.1, -0.05) is 48.5 Å². The van der Waals surface area contributed by atoms with Crippen LogP contribution in [0.3, 0.4) is 0 Å². The highest BCUT2D eigenvalue weighted by Gasteiger charge is 2.08. The van der Waals surface area contributed by atoms with E-state index in [1.165, 1.54) is 33.3 Å². The van der Waals surface area contributed by atoms with Crippen LogP contribution in [0.15, 0.2) is 72.8 Å². The van der Waals surface area contributed by atoms with Gasteiger partial charge in [0, 0.05) is 45.8 Å². The van der Waals surface area contributed by atoms with Gasteiger partial charge in [0.1, 0.15) is 0 Å². The second-order valence-corrected chi connectivity index (χ2v) is 7.05. The first-order valence-electron chi connectivity index (χ1n) is 9.07. The summed E-state index contributed by atoms with van der Waals surface area (Å²) in [5.41, 5.74) is 11.6. The minimum Gasteiger partial charge on any atom is -0.404 e. The van der Waals surface area contributed by atoms with Crippen LogP contribution in [0.25, 0.3) is 11.8 Å². The molecule has 0 radical (unpaired) electrons. The van der Waals surface area contributed by atoms with E-state index in [1.807, 2.05) is 0 Å². The van der Waals surface area contributed by atoms with Gasteiger partial charge < -0.3 is 15.5 Å². The lowest BCUT2D eigenvalue weighted by Gasteiger charge is -2.16. The number of hydrogen-bond acceptors (Lipinski definition) is 3. The molecule has 0 unspecified atom stereocenters. The highest BCUT2D eigenvalue weighted by atomic mass is 15.1. The first-order chi connectivity index (χ1) is 13.0. The van der Waals surface area contributed by atoms with E-state index in [0.29, 0.717) is 0 Å². The van der Waals surface area contributed by atoms with Gasteiger partial charge in [-0.2, -0.15) is 0 Å². The smallest absolute Gasteiger partial charge is 0.0361 e. The molecular weight excluding hydrogens is 330 g/mol. The summed E-state index contributed by atoms with van der Waals surface area (Å²) in [5, 5.41) is 2.19. The van der Waals surface area contributed by atoms with Gasteiger partial charge in [-0.05, 0) is 51.4 Å². The molecule has 2 N–H and O–H groups in total. The Hall–Kier alpha value is -3.20. The molecule has 3 aromatic rings. The molecule has 3 aromatic carbocycles. The standard InChI is InChI=1S/C24H27N3/c1-26(2)22-13-9-20(10-14-22)24(19-7-5-18(17-25)6-8-19)21-11-15-23(16-12-21)27(3)4/h5-17H,25H2,1-4H3. The molecule has 27 heavy (non-hydrogen) atoms. The molecule has 0 amide bonds. The highest BCUT2D eigenvalue weighted by molar-refractivity contribution is 5.80. The van der Waals surface area contributed by atoms with Crippen molar-refractivity contribution in [2.75, 3.05) is 38.0 Å². The summed E-state index contributed by atoms with van der Waals surface area (Å²) < 4.78 is 0. The van der Waals surface area contributed by atoms with Gasteiger partial charge in [0.25, 0.3) is 0 Å². The molecule has 3 nitrogen and oxygen atoms in total. The van der Waals surface area contributed by atoms with Gasteiger partial charge in [-0.15, -0.1) is 0 Å². The molecule has 0 fully saturated rings. The lowest BCUT2D eigenvalue weighted by atomic mass is 9.95. The van der Waals surface area contributed by atoms with Gasteiger partial charge in [0.15, 0.2) is 0 Å². The van der Waals surface area contributed by atoms with Crippen LogP contribution in [-0.2, 0) is 0 Å². The summed E-state index contributed by atoms with van der Waals surface area (Å²) in [4.78, 5) is 4.22. The van der Waals surface area contributed by atoms with Crippen molar-refractivity contribution in [1.29, 1.82) is 0 Å². The lowest BCUT2D eigenvalue weighted by molar-refractivity contribution is 1.13. The van der Waals surface area contributed by atoms with Crippen molar-refractivity contribution in [3.8, 4) is 0 Å². The normalized spacial score (nSPS) is 10.4. The molecule has 0 aliphatic heterocycles. The third-order valence-electron chi connectivity index (χ3n) is 4.74. The van der Waals surface area contributed by atoms with Crippen LogP contribution in [-0.4, -0.2) is 28.2 Å². The van der Waals surface area contributed by atoms with Crippen molar-refractivity contribution in [2.45, 2.75) is 0 Å². The van der Waals surface area contributed by atoms with Crippen LogP contribution in [0.2, 0.25) is 0 Å². The SMILES string of the molecule is CN(C)c1ccc(C(c2ccc(N(C)C)cc2)=c2ccc(=CN)cc2)cc1. The average Bonchev–Trinajstić information content (AvgIpc) is 2.69. The summed E-state index contributed by atoms with van der Waals surface area (Å²) in [6.45, 7) is 0. The third kappa shape index (κ3) is 4.14. The Morgan fingerprint density at radius 1 is 0.630 bits per heavy atom. The fourth-order valence-corrected chi connectivity index (χ4v) is 3.11. The van der Waals surface area contributed by atoms with E-state index in [1.54, 1.807) is 6.20 Å². The number of nitrogens with two attached hydrogens (primary N) is 1. The molecule has 0 aromatic heterocycles. The molecule has 138 valence electrons. The fraction of sp³-hybridized carbons (Fsp3) is 0.167. The van der Waals surface area contributed by atoms with Gasteiger partial charge in [0.2, 0.25) is 0 Å². The van der Waals surface area contributed by atoms with Crippen molar-refractivity contribution in [3.05, 3.63) is 94.4 Å². The van der Waals surface area contributed by atoms with Gasteiger partial charge in [-0.25, -0.2) is 0 Å². The summed E-state index contributed by atoms with van der Waals surface area (Å²) >= 11 is 0. The zero-order chi connectivity index (χ0) is 19.4. The van der Waals surface area contributed by atoms with Crippen molar-refractivity contribution < 1.29 is 0 Å². The summed E-state index contributed by atoms with van der Waals surface area (Å²) in [7, 11) is 8.23. The van der Waals surface area contributed by atoms with E-state index in [9.17, 15) is 0 Å². The maximum atomic E-state index is 5.65. The molecule has 0 atom stereocenters. The highest BCUT2D eigenvalue weighted by Crippen LogP contribution is 2.25. The Morgan fingerprint density at radius 3 is 1.37 bits per heavy atom. The second-order valence-electron chi connectivity index (χ2n) is 7.05. The summed E-state index contributed by atoms with van der Waals surface area (Å²) in [6.07, 6.45) is 1.63. The van der Waals surface area contributed by atoms with Crippen LogP contribution in [0.5, 0.6) is 0 Å². The fourth-order valence-electron chi connectivity index (χ4n) is 3.11. The topological polar surface area (TPSA) is 32.5 Å². The summed E-state index contributed by atoms with van der Waals surface area (Å²) in [6, 6.07) is 25.8. The zero-order valence-corrected chi connectivity index (χ0v) is 16.5. The van der Waals surface area contributed by atoms with E-state index >= 15 is 0 Å². The Bertz CT molecular complexity index is 938. The first kappa shape index (κ1) is 18.6. The maximum Gasteiger partial charge on any atom is 0.0361 e. The van der Waals surface area contributed by atoms with Crippen molar-refractivity contribution in [3.63, 3.8) is 0 Å². The molecule has 0 spiro atoms. The molecular formula is C24H27N3. The predicted molar refractivity (Wildman–Crippen MR) is 117 cm³/mol. The van der Waals surface area contributed by atoms with E-state index < -0.39 is 0 Å². The van der Waals surface area contributed by atoms with Crippen LogP contribution >= 0.6 is 0 Å². The van der Waals surface area contributed by atoms with Crippen molar-refractivity contribution in [2.24, 2.45) is 5.73 Å². The Labute approximate surface area is 161 Å². The van der Waals surface area contributed by atoms with Crippen LogP contribution in [0.1, 0.15) is 11.1 Å². The zero-order valence-electron chi connectivity index (χ0n) is 16.5. The number of benzene rings is 3. The van der Waals surface area contributed by atoms with Crippen molar-refractivity contribution >= 4 is 23.1 Å². The Kier molecular flexibility index (Phi) is 5.51. The molecule has 0 heterocycles. The van der Waals surface area contributed by atoms with Gasteiger partial charge in [-0.3, -0.25) is 0 Å². The van der Waals surface area contributed by atoms with Crippen molar-refractivity contribution in [1.82, 2.24) is 0 Å². The number of rotatable bonds is 4. The second kappa shape index (κ2) is 8.00. The summed E-state index contributed by atoms with van der Waals surface area (Å²) in [5.74, 6) is 0. The number of hydrogen-bond donors (Lipinski definition) is 1. The molecule has 0 aliphatic rings. The predicted octanol–water partition coefficient (Wildman–Crippen LogP) is 2.76. The number of anilines is 2. The largest absolute Gasteiger partial charge is 0.404 e. The van der Waals surface area contributed by atoms with Crippen LogP contribution < -0.4 is 26.0 Å². The molecule has 0 bridgehead atoms. The van der Waals surface area contributed by atoms with Crippen LogP contribution in [0, 0.1) is 0 Å². The monoisotopic (exact) mass is 357 g/mol. The van der Waals surface area contributed by atoms with Gasteiger partial charge in [0.05, 0.1) is 0 Å². The van der Waals surface area contributed by atoms with E-state index in [0.717, 1.165) is 5.22 Å². The van der Waals surface area contributed by atoms with Crippen LogP contribution in [0.4, 0.5) is 11.4 Å². The van der Waals surface area contributed by atoms with E-state index in [4.69, 9.17) is 5.73 Å². The Morgan fingerprint density at radius 2 is 1.04 bits per heavy atom. The van der Waals surface area contributed by atoms with E-state index in [2.05, 4.69) is 111 Å². The Balaban J connectivity index is 2.19. The first-order valence-corrected chi connectivity index (χ1v) is 9.07. The maximum absolute atomic E-state index is 5.65. The lowest BCUT2D eigenvalue weighted by Crippen LogP contribution is -2.14. The minimum atomic E-state index is 1.02. The molecule has 0 aliphatic carbocycles. The molecule has 3 heteroatoms. The quantitative estimate of drug-likeness (QED) is 0.779. The van der Waals surface area contributed by atoms with Gasteiger partial charge >= 0.3 is 0 Å². The van der Waals surface area contributed by atoms with E-state index in [-0.39, 0.29) is 0 Å². The molecule has 3 rings (SSSR count).